The Balaban J connectivity index is 1.46. The van der Waals surface area contributed by atoms with Crippen LogP contribution in [-0.2, 0) is 17.4 Å². The Kier molecular flexibility index (Phi) is 10.4. The van der Waals surface area contributed by atoms with Gasteiger partial charge in [0, 0.05) is 0 Å². The van der Waals surface area contributed by atoms with Crippen LogP contribution >= 0.6 is 0 Å². The van der Waals surface area contributed by atoms with E-state index in [1.165, 1.54) is 100 Å². The van der Waals surface area contributed by atoms with E-state index in [-0.39, 0.29) is 0 Å². The van der Waals surface area contributed by atoms with E-state index in [2.05, 4.69) is 195 Å². The molecular formula is C56H62SiZr. The molecule has 0 saturated heterocycles. The van der Waals surface area contributed by atoms with Gasteiger partial charge in [0.05, 0.1) is 0 Å². The van der Waals surface area contributed by atoms with Crippen molar-refractivity contribution in [3.63, 3.8) is 0 Å². The van der Waals surface area contributed by atoms with E-state index >= 15 is 0 Å². The van der Waals surface area contributed by atoms with Gasteiger partial charge in [0.25, 0.3) is 0 Å². The molecule has 0 N–H and O–H groups in total. The molecule has 0 spiro atoms. The molecule has 2 heteroatoms. The average Bonchev–Trinajstić information content (AvgIpc) is 3.74. The molecule has 6 aromatic rings. The summed E-state index contributed by atoms with van der Waals surface area (Å²) in [5.74, 6) is 0. The van der Waals surface area contributed by atoms with Gasteiger partial charge < -0.3 is 0 Å². The van der Waals surface area contributed by atoms with Gasteiger partial charge in [-0.25, -0.2) is 0 Å². The summed E-state index contributed by atoms with van der Waals surface area (Å²) in [5, 5.41) is 0. The van der Waals surface area contributed by atoms with Crippen LogP contribution in [-0.4, -0.2) is 6.88 Å². The van der Waals surface area contributed by atoms with Crippen LogP contribution in [0.1, 0.15) is 101 Å². The first-order valence-corrected chi connectivity index (χ1v) is 35.3. The summed E-state index contributed by atoms with van der Waals surface area (Å²) in [7, 11) is 0. The third-order valence-electron chi connectivity index (χ3n) is 13.4. The number of hydrogen-bond acceptors (Lipinski definition) is 0. The van der Waals surface area contributed by atoms with Crippen molar-refractivity contribution in [2.24, 2.45) is 0 Å². The second kappa shape index (κ2) is 14.9. The summed E-state index contributed by atoms with van der Waals surface area (Å²) in [6.45, 7) is 25.4. The molecule has 0 aromatic heterocycles. The molecule has 0 aliphatic heterocycles. The summed E-state index contributed by atoms with van der Waals surface area (Å²) in [5.41, 5.74) is 30.9. The van der Waals surface area contributed by atoms with Gasteiger partial charge in [-0.3, -0.25) is 0 Å². The van der Waals surface area contributed by atoms with E-state index in [1.807, 2.05) is 0 Å². The molecule has 0 radical (unpaired) electrons. The molecule has 0 bridgehead atoms. The number of allylic oxidation sites excluding steroid dienone is 2. The molecule has 2 aliphatic rings. The average molecular weight is 854 g/mol. The maximum absolute atomic E-state index is 4.13. The zero-order chi connectivity index (χ0) is 41.4. The van der Waals surface area contributed by atoms with Crippen molar-refractivity contribution in [2.45, 2.75) is 98.6 Å². The van der Waals surface area contributed by atoms with Crippen LogP contribution in [0.5, 0.6) is 0 Å². The van der Waals surface area contributed by atoms with Crippen LogP contribution in [0.4, 0.5) is 0 Å². The molecular weight excluding hydrogens is 792 g/mol. The fraction of sp³-hybridized carbons (Fsp3) is 0.286. The molecule has 58 heavy (non-hydrogen) atoms. The first-order chi connectivity index (χ1) is 27.4. The molecule has 0 amide bonds. The molecule has 8 rings (SSSR count). The molecule has 2 atom stereocenters. The van der Waals surface area contributed by atoms with E-state index in [9.17, 15) is 0 Å². The molecule has 0 fully saturated rings. The van der Waals surface area contributed by atoms with E-state index < -0.39 is 17.4 Å². The van der Waals surface area contributed by atoms with Gasteiger partial charge in [-0.05, 0) is 0 Å². The Morgan fingerprint density at radius 2 is 0.638 bits per heavy atom. The fourth-order valence-corrected chi connectivity index (χ4v) is 31.5. The number of hydrogen-bond donors (Lipinski definition) is 0. The second-order valence-corrected chi connectivity index (χ2v) is 49.9. The minimum atomic E-state index is -4.13. The zero-order valence-corrected chi connectivity index (χ0v) is 41.0. The van der Waals surface area contributed by atoms with Crippen LogP contribution in [0, 0.1) is 55.4 Å². The van der Waals surface area contributed by atoms with Crippen molar-refractivity contribution < 1.29 is 17.4 Å². The van der Waals surface area contributed by atoms with Crippen molar-refractivity contribution in [1.29, 1.82) is 0 Å². The SMILES string of the molecule is CCC1=Cc2c(-c3cc(C)cc(C)c3)ccc(-c3cc(C)cc(C)c3)c2[CH]1[Zr]([CH3])([CH3])(=[SiH2])[CH]1C(CC)=Cc2c(-c3cc(C)cc(C)c3)ccc(-c3cc(C)cc(C)c3)c21. The summed E-state index contributed by atoms with van der Waals surface area (Å²) in [6.07, 6.45) is 7.43. The van der Waals surface area contributed by atoms with Crippen LogP contribution < -0.4 is 0 Å². The summed E-state index contributed by atoms with van der Waals surface area (Å²) >= 11 is -4.13. The minimum absolute atomic E-state index is 0.393. The summed E-state index contributed by atoms with van der Waals surface area (Å²) in [6, 6.07) is 38.5. The third-order valence-corrected chi connectivity index (χ3v) is 30.8. The third kappa shape index (κ3) is 7.07. The van der Waals surface area contributed by atoms with Crippen LogP contribution in [0.25, 0.3) is 56.7 Å². The summed E-state index contributed by atoms with van der Waals surface area (Å²) in [4.78, 5) is 0. The fourth-order valence-electron chi connectivity index (χ4n) is 11.6. The standard InChI is InChI=1S/2C27H27.2CH3.H2Si.Zr/c2*1-6-21-15-26-24(22-11-17(2)9-18(3)12-22)7-8-25(27(26)16-21)23-13-19(4)10-20(5)14-23;;;;/h2*7-16H,6H2,1-5H3;2*1H3;1H2;. The van der Waals surface area contributed by atoms with E-state index in [0.29, 0.717) is 7.25 Å². The molecule has 0 nitrogen and oxygen atoms in total. The Bertz CT molecular complexity index is 2550. The number of fused-ring (bicyclic) bond motifs is 2. The van der Waals surface area contributed by atoms with Gasteiger partial charge in [0.15, 0.2) is 0 Å². The van der Waals surface area contributed by atoms with Crippen molar-refractivity contribution in [3.8, 4) is 44.5 Å². The number of aryl methyl sites for hydroxylation is 8. The predicted molar refractivity (Wildman–Crippen MR) is 255 cm³/mol. The topological polar surface area (TPSA) is 0 Å². The molecule has 0 heterocycles. The number of benzene rings is 6. The van der Waals surface area contributed by atoms with E-state index in [4.69, 9.17) is 0 Å². The zero-order valence-electron chi connectivity index (χ0n) is 37.2. The first-order valence-electron chi connectivity index (χ1n) is 21.6. The van der Waals surface area contributed by atoms with Crippen molar-refractivity contribution in [3.05, 3.63) is 175 Å². The van der Waals surface area contributed by atoms with Crippen molar-refractivity contribution in [2.75, 3.05) is 0 Å². The normalized spacial score (nSPS) is 16.3. The quantitative estimate of drug-likeness (QED) is 0.134. The maximum atomic E-state index is 2.84. The molecule has 294 valence electrons. The second-order valence-electron chi connectivity index (χ2n) is 19.4. The summed E-state index contributed by atoms with van der Waals surface area (Å²) < 4.78 is 6.47. The van der Waals surface area contributed by atoms with Crippen LogP contribution in [0.2, 0.25) is 9.26 Å². The van der Waals surface area contributed by atoms with Crippen molar-refractivity contribution >= 4 is 19.0 Å². The molecule has 0 saturated carbocycles. The van der Waals surface area contributed by atoms with Gasteiger partial charge in [-0.2, -0.15) is 0 Å². The predicted octanol–water partition coefficient (Wildman–Crippen LogP) is 15.6. The van der Waals surface area contributed by atoms with Gasteiger partial charge >= 0.3 is 355 Å². The Hall–Kier alpha value is -4.10. The Morgan fingerprint density at radius 3 is 0.897 bits per heavy atom. The van der Waals surface area contributed by atoms with Crippen LogP contribution in [0.15, 0.2) is 108 Å². The Labute approximate surface area is 352 Å². The monoisotopic (exact) mass is 852 g/mol. The van der Waals surface area contributed by atoms with Gasteiger partial charge in [-0.1, -0.05) is 0 Å². The molecule has 6 aromatic carbocycles. The van der Waals surface area contributed by atoms with Gasteiger partial charge in [0.1, 0.15) is 0 Å². The van der Waals surface area contributed by atoms with Crippen LogP contribution in [0.3, 0.4) is 0 Å². The van der Waals surface area contributed by atoms with Crippen molar-refractivity contribution in [1.82, 2.24) is 0 Å². The van der Waals surface area contributed by atoms with Gasteiger partial charge in [-0.15, -0.1) is 0 Å². The molecule has 2 aliphatic carbocycles. The molecule has 2 unspecified atom stereocenters. The van der Waals surface area contributed by atoms with Gasteiger partial charge in [0.2, 0.25) is 0 Å². The first kappa shape index (κ1) is 40.7. The Morgan fingerprint density at radius 1 is 0.397 bits per heavy atom. The van der Waals surface area contributed by atoms with E-state index in [0.717, 1.165) is 12.8 Å². The van der Waals surface area contributed by atoms with E-state index in [1.54, 1.807) is 22.3 Å². The number of rotatable bonds is 8.